The van der Waals surface area contributed by atoms with Crippen molar-refractivity contribution in [2.24, 2.45) is 10.2 Å². The summed E-state index contributed by atoms with van der Waals surface area (Å²) in [5.41, 5.74) is 3.12. The lowest BCUT2D eigenvalue weighted by Gasteiger charge is -2.32. The Kier molecular flexibility index (Phi) is 6.29. The highest BCUT2D eigenvalue weighted by Crippen LogP contribution is 2.20. The molecule has 0 atom stereocenters. The Morgan fingerprint density at radius 2 is 1.69 bits per heavy atom. The maximum absolute atomic E-state index is 13.5. The van der Waals surface area contributed by atoms with Crippen LogP contribution in [0.5, 0.6) is 0 Å². The Bertz CT molecular complexity index is 1680. The van der Waals surface area contributed by atoms with E-state index >= 15 is 0 Å². The number of carbonyl (C=O) groups is 2. The number of aromatic nitrogens is 2. The van der Waals surface area contributed by atoms with E-state index in [1.165, 1.54) is 16.3 Å². The molecule has 13 heteroatoms. The fourth-order valence-corrected chi connectivity index (χ4v) is 5.07. The molecule has 39 heavy (non-hydrogen) atoms. The van der Waals surface area contributed by atoms with Crippen LogP contribution in [0.1, 0.15) is 42.0 Å². The normalized spacial score (nSPS) is 14.1. The zero-order valence-corrected chi connectivity index (χ0v) is 21.7. The second kappa shape index (κ2) is 9.93. The van der Waals surface area contributed by atoms with Gasteiger partial charge in [0.1, 0.15) is 5.69 Å². The molecule has 1 N–H and O–H groups in total. The minimum atomic E-state index is -1.36. The average Bonchev–Trinajstić information content (AvgIpc) is 3.40. The molecular weight excluding hydrogens is 514 g/mol. The van der Waals surface area contributed by atoms with Crippen molar-refractivity contribution >= 4 is 60.3 Å². The molecule has 10 nitrogen and oxygen atoms in total. The highest BCUT2D eigenvalue weighted by Gasteiger charge is 2.44. The van der Waals surface area contributed by atoms with Crippen LogP contribution in [0.15, 0.2) is 83.1 Å². The van der Waals surface area contributed by atoms with Gasteiger partial charge in [0.05, 0.1) is 6.21 Å². The number of pyridine rings is 1. The summed E-state index contributed by atoms with van der Waals surface area (Å²) >= 11 is 1.26. The second-order valence-corrected chi connectivity index (χ2v) is 10.2. The first-order valence-corrected chi connectivity index (χ1v) is 12.9. The molecule has 2 amide bonds. The van der Waals surface area contributed by atoms with Crippen LogP contribution in [0.2, 0.25) is 0 Å². The van der Waals surface area contributed by atoms with Crippen LogP contribution in [0, 0.1) is 13.8 Å². The molecule has 2 aliphatic heterocycles. The van der Waals surface area contributed by atoms with Crippen molar-refractivity contribution in [1.82, 2.24) is 19.8 Å². The zero-order valence-electron chi connectivity index (χ0n) is 20.9. The van der Waals surface area contributed by atoms with Crippen LogP contribution in [-0.2, 0) is 4.65 Å². The fourth-order valence-electron chi connectivity index (χ4n) is 4.38. The monoisotopic (exact) mass is 534 g/mol. The number of fused-ring (bicyclic) bond motifs is 2. The predicted octanol–water partition coefficient (Wildman–Crippen LogP) is 1.56. The van der Waals surface area contributed by atoms with Crippen LogP contribution in [0.3, 0.4) is 0 Å². The van der Waals surface area contributed by atoms with E-state index in [0.717, 1.165) is 15.4 Å². The van der Waals surface area contributed by atoms with E-state index in [9.17, 15) is 14.6 Å². The number of thiazole rings is 1. The maximum atomic E-state index is 13.5. The van der Waals surface area contributed by atoms with Gasteiger partial charge in [0, 0.05) is 22.3 Å². The first-order valence-electron chi connectivity index (χ1n) is 12.1. The number of carbonyl (C=O) groups excluding carboxylic acids is 2. The van der Waals surface area contributed by atoms with Gasteiger partial charge in [-0.05, 0) is 48.5 Å². The number of hydrogen-bond donors (Lipinski definition) is 1. The third-order valence-electron chi connectivity index (χ3n) is 6.26. The van der Waals surface area contributed by atoms with Gasteiger partial charge in [0.25, 0.3) is 11.8 Å². The van der Waals surface area contributed by atoms with Gasteiger partial charge in [-0.25, -0.2) is 19.8 Å². The number of benzene rings is 2. The van der Waals surface area contributed by atoms with Crippen molar-refractivity contribution in [3.8, 4) is 0 Å². The lowest BCUT2D eigenvalue weighted by Crippen LogP contribution is -2.58. The lowest BCUT2D eigenvalue weighted by atomic mass is 9.67. The number of nitrogens with zero attached hydrogens (tertiary/aromatic N) is 6. The van der Waals surface area contributed by atoms with Gasteiger partial charge in [-0.3, -0.25) is 9.59 Å². The standard InChI is InChI=1S/C26H20B2N6O4S/c1-16-8-7-13-22(31-16)25(35)33-27(37)21-12-6-4-10-19(21)23(32-33)38-28-20-11-5-3-9-18(20)15-30-34(28)26(36)24-29-14-17(2)39-24/h3-15,37H,1-2H3. The summed E-state index contributed by atoms with van der Waals surface area (Å²) in [7, 11) is -2.38. The molecule has 2 aromatic carbocycles. The van der Waals surface area contributed by atoms with E-state index in [-0.39, 0.29) is 16.6 Å². The number of rotatable bonds is 3. The molecule has 4 heterocycles. The van der Waals surface area contributed by atoms with Crippen LogP contribution < -0.4 is 10.9 Å². The van der Waals surface area contributed by atoms with Crippen LogP contribution >= 0.6 is 11.3 Å². The molecule has 0 radical (unpaired) electrons. The number of aryl methyl sites for hydroxylation is 2. The zero-order chi connectivity index (χ0) is 27.1. The molecule has 2 aliphatic rings. The summed E-state index contributed by atoms with van der Waals surface area (Å²) in [6, 6.07) is 19.4. The Labute approximate surface area is 228 Å². The molecular formula is C26H20B2N6O4S. The molecule has 0 unspecified atom stereocenters. The molecule has 0 aliphatic carbocycles. The van der Waals surface area contributed by atoms with Crippen molar-refractivity contribution in [1.29, 1.82) is 0 Å². The first-order chi connectivity index (χ1) is 18.9. The Morgan fingerprint density at radius 3 is 2.46 bits per heavy atom. The van der Waals surface area contributed by atoms with Crippen molar-refractivity contribution in [3.05, 3.63) is 105 Å². The molecule has 190 valence electrons. The molecule has 0 bridgehead atoms. The number of hydrazone groups is 2. The number of amides is 2. The second-order valence-electron chi connectivity index (χ2n) is 8.95. The summed E-state index contributed by atoms with van der Waals surface area (Å²) in [6.07, 6.45) is 3.22. The summed E-state index contributed by atoms with van der Waals surface area (Å²) in [6.45, 7) is 3.64. The van der Waals surface area contributed by atoms with E-state index in [2.05, 4.69) is 20.2 Å². The van der Waals surface area contributed by atoms with Gasteiger partial charge in [0.15, 0.2) is 5.01 Å². The van der Waals surface area contributed by atoms with Crippen molar-refractivity contribution < 1.29 is 19.3 Å². The van der Waals surface area contributed by atoms with Crippen molar-refractivity contribution in [2.75, 3.05) is 0 Å². The van der Waals surface area contributed by atoms with E-state index in [1.54, 1.807) is 61.8 Å². The van der Waals surface area contributed by atoms with E-state index in [1.807, 2.05) is 31.2 Å². The highest BCUT2D eigenvalue weighted by atomic mass is 32.1. The maximum Gasteiger partial charge on any atom is 0.545 e. The van der Waals surface area contributed by atoms with E-state index < -0.39 is 25.9 Å². The first kappa shape index (κ1) is 24.7. The molecule has 0 saturated carbocycles. The molecule has 2 aromatic heterocycles. The van der Waals surface area contributed by atoms with Crippen LogP contribution in [0.25, 0.3) is 0 Å². The fraction of sp³-hybridized carbons (Fsp3) is 0.0769. The van der Waals surface area contributed by atoms with Gasteiger partial charge < -0.3 is 9.68 Å². The van der Waals surface area contributed by atoms with Gasteiger partial charge in [-0.15, -0.1) is 16.4 Å². The molecule has 0 fully saturated rings. The minimum Gasteiger partial charge on any atom is -0.521 e. The smallest absolute Gasteiger partial charge is 0.521 e. The van der Waals surface area contributed by atoms with Gasteiger partial charge in [0.2, 0.25) is 5.90 Å². The quantitative estimate of drug-likeness (QED) is 0.399. The van der Waals surface area contributed by atoms with E-state index in [0.29, 0.717) is 22.2 Å². The van der Waals surface area contributed by atoms with Crippen LogP contribution in [-0.4, -0.2) is 62.9 Å². The van der Waals surface area contributed by atoms with Crippen molar-refractivity contribution in [3.63, 3.8) is 0 Å². The summed E-state index contributed by atoms with van der Waals surface area (Å²) in [4.78, 5) is 38.5. The lowest BCUT2D eigenvalue weighted by molar-refractivity contribution is 0.0825. The third-order valence-corrected chi connectivity index (χ3v) is 7.16. The Morgan fingerprint density at radius 1 is 0.923 bits per heavy atom. The predicted molar refractivity (Wildman–Crippen MR) is 149 cm³/mol. The van der Waals surface area contributed by atoms with E-state index in [4.69, 9.17) is 4.65 Å². The van der Waals surface area contributed by atoms with Gasteiger partial charge in [-0.1, -0.05) is 48.5 Å². The van der Waals surface area contributed by atoms with Gasteiger partial charge >= 0.3 is 14.1 Å². The summed E-state index contributed by atoms with van der Waals surface area (Å²) < 4.78 is 6.43. The largest absolute Gasteiger partial charge is 0.545 e. The molecule has 6 rings (SSSR count). The highest BCUT2D eigenvalue weighted by molar-refractivity contribution is 7.13. The Hall–Kier alpha value is -4.61. The summed E-state index contributed by atoms with van der Waals surface area (Å²) in [5.74, 6) is -0.998. The molecule has 0 saturated heterocycles. The summed E-state index contributed by atoms with van der Waals surface area (Å²) in [5, 5.41) is 20.2. The van der Waals surface area contributed by atoms with Gasteiger partial charge in [-0.2, -0.15) is 5.10 Å². The van der Waals surface area contributed by atoms with Crippen molar-refractivity contribution in [2.45, 2.75) is 13.8 Å². The SMILES string of the molecule is Cc1cccc(C(=O)N2N=C(OB3c4ccccc4C=NN3C(=O)c3ncc(C)s3)c3ccccc3B2O)n1. The number of hydrogen-bond acceptors (Lipinski definition) is 9. The minimum absolute atomic E-state index is 0.0434. The topological polar surface area (TPSA) is 121 Å². The molecule has 0 spiro atoms. The third kappa shape index (κ3) is 4.51. The molecule has 4 aromatic rings. The van der Waals surface area contributed by atoms with Crippen LogP contribution in [0.4, 0.5) is 0 Å². The average molecular weight is 534 g/mol. The Balaban J connectivity index is 1.43.